The van der Waals surface area contributed by atoms with Gasteiger partial charge in [-0.1, -0.05) is 24.3 Å². The molecule has 1 heterocycles. The fraction of sp³-hybridized carbons (Fsp3) is 0.214. The van der Waals surface area contributed by atoms with Gasteiger partial charge in [0.25, 0.3) is 10.1 Å². The highest BCUT2D eigenvalue weighted by Gasteiger charge is 2.30. The van der Waals surface area contributed by atoms with E-state index in [-0.39, 0.29) is 12.2 Å². The van der Waals surface area contributed by atoms with Crippen LogP contribution < -0.4 is 0 Å². The Labute approximate surface area is 125 Å². The van der Waals surface area contributed by atoms with E-state index < -0.39 is 21.9 Å². The topological polar surface area (TPSA) is 67.3 Å². The van der Waals surface area contributed by atoms with Crippen molar-refractivity contribution in [2.75, 3.05) is 5.75 Å². The van der Waals surface area contributed by atoms with Crippen LogP contribution in [0.25, 0.3) is 11.3 Å². The van der Waals surface area contributed by atoms with Gasteiger partial charge in [0.1, 0.15) is 0 Å². The first-order valence-electron chi connectivity index (χ1n) is 6.23. The van der Waals surface area contributed by atoms with Gasteiger partial charge in [-0.05, 0) is 24.1 Å². The van der Waals surface area contributed by atoms with E-state index in [9.17, 15) is 21.6 Å². The van der Waals surface area contributed by atoms with Crippen LogP contribution in [0.2, 0.25) is 0 Å². The van der Waals surface area contributed by atoms with Gasteiger partial charge in [0.2, 0.25) is 0 Å². The van der Waals surface area contributed by atoms with Gasteiger partial charge in [-0.25, -0.2) is 0 Å². The SMILES string of the molecule is O=S(=O)(O)CCc1ccc(-c2ccc(C(F)(F)F)cn2)cc1. The summed E-state index contributed by atoms with van der Waals surface area (Å²) in [4.78, 5) is 3.77. The molecule has 1 aromatic heterocycles. The molecule has 1 N–H and O–H groups in total. The Hall–Kier alpha value is -1.93. The van der Waals surface area contributed by atoms with Crippen LogP contribution >= 0.6 is 0 Å². The molecule has 0 aliphatic rings. The number of alkyl halides is 3. The lowest BCUT2D eigenvalue weighted by Crippen LogP contribution is -2.06. The van der Waals surface area contributed by atoms with Crippen molar-refractivity contribution in [1.82, 2.24) is 4.98 Å². The van der Waals surface area contributed by atoms with Crippen molar-refractivity contribution < 1.29 is 26.1 Å². The molecular formula is C14H12F3NO3S. The third-order valence-corrected chi connectivity index (χ3v) is 3.71. The van der Waals surface area contributed by atoms with Crippen LogP contribution in [0, 0.1) is 0 Å². The fourth-order valence-electron chi connectivity index (χ4n) is 1.82. The van der Waals surface area contributed by atoms with Crippen molar-refractivity contribution in [3.05, 3.63) is 53.7 Å². The van der Waals surface area contributed by atoms with Gasteiger partial charge in [0.05, 0.1) is 17.0 Å². The lowest BCUT2D eigenvalue weighted by molar-refractivity contribution is -0.137. The van der Waals surface area contributed by atoms with E-state index in [1.807, 2.05) is 0 Å². The van der Waals surface area contributed by atoms with Gasteiger partial charge >= 0.3 is 6.18 Å². The van der Waals surface area contributed by atoms with Gasteiger partial charge in [-0.3, -0.25) is 9.54 Å². The van der Waals surface area contributed by atoms with Crippen molar-refractivity contribution >= 4 is 10.1 Å². The van der Waals surface area contributed by atoms with Crippen molar-refractivity contribution in [2.24, 2.45) is 0 Å². The van der Waals surface area contributed by atoms with Gasteiger partial charge in [-0.2, -0.15) is 21.6 Å². The molecule has 0 aliphatic carbocycles. The minimum atomic E-state index is -4.43. The molecule has 0 atom stereocenters. The molecule has 0 saturated heterocycles. The molecule has 0 saturated carbocycles. The second kappa shape index (κ2) is 6.05. The highest BCUT2D eigenvalue weighted by molar-refractivity contribution is 7.85. The third-order valence-electron chi connectivity index (χ3n) is 2.99. The maximum absolute atomic E-state index is 12.4. The molecule has 0 spiro atoms. The molecule has 0 amide bonds. The van der Waals surface area contributed by atoms with E-state index in [2.05, 4.69) is 4.98 Å². The Morgan fingerprint density at radius 1 is 1.05 bits per heavy atom. The first-order valence-corrected chi connectivity index (χ1v) is 7.84. The number of aryl methyl sites for hydroxylation is 1. The molecule has 0 aliphatic heterocycles. The summed E-state index contributed by atoms with van der Waals surface area (Å²) in [5, 5.41) is 0. The van der Waals surface area contributed by atoms with Gasteiger partial charge in [-0.15, -0.1) is 0 Å². The summed E-state index contributed by atoms with van der Waals surface area (Å²) in [7, 11) is -4.02. The maximum Gasteiger partial charge on any atom is 0.417 e. The predicted octanol–water partition coefficient (Wildman–Crippen LogP) is 3.20. The molecule has 4 nitrogen and oxygen atoms in total. The van der Waals surface area contributed by atoms with E-state index >= 15 is 0 Å². The summed E-state index contributed by atoms with van der Waals surface area (Å²) in [5.41, 5.74) is 0.868. The number of aromatic nitrogens is 1. The van der Waals surface area contributed by atoms with Gasteiger partial charge in [0.15, 0.2) is 0 Å². The number of rotatable bonds is 4. The summed E-state index contributed by atoms with van der Waals surface area (Å²) in [5.74, 6) is -0.384. The number of hydrogen-bond acceptors (Lipinski definition) is 3. The summed E-state index contributed by atoms with van der Waals surface area (Å²) in [6, 6.07) is 8.77. The number of pyridine rings is 1. The van der Waals surface area contributed by atoms with Crippen molar-refractivity contribution in [1.29, 1.82) is 0 Å². The Morgan fingerprint density at radius 2 is 1.68 bits per heavy atom. The molecule has 8 heteroatoms. The second-order valence-electron chi connectivity index (χ2n) is 4.66. The lowest BCUT2D eigenvalue weighted by atomic mass is 10.1. The number of benzene rings is 1. The molecule has 2 rings (SSSR count). The lowest BCUT2D eigenvalue weighted by Gasteiger charge is -2.07. The van der Waals surface area contributed by atoms with Gasteiger partial charge < -0.3 is 0 Å². The Morgan fingerprint density at radius 3 is 2.14 bits per heavy atom. The van der Waals surface area contributed by atoms with Crippen LogP contribution in [0.15, 0.2) is 42.6 Å². The Bertz CT molecular complexity index is 738. The zero-order chi connectivity index (χ0) is 16.4. The molecule has 0 fully saturated rings. The minimum absolute atomic E-state index is 0.152. The summed E-state index contributed by atoms with van der Waals surface area (Å²) < 4.78 is 67.3. The van der Waals surface area contributed by atoms with E-state index in [1.165, 1.54) is 6.07 Å². The summed E-state index contributed by atoms with van der Waals surface area (Å²) in [6.07, 6.45) is -3.51. The monoisotopic (exact) mass is 331 g/mol. The molecular weight excluding hydrogens is 319 g/mol. The Balaban J connectivity index is 2.13. The normalized spacial score (nSPS) is 12.4. The number of halogens is 3. The third kappa shape index (κ3) is 4.54. The zero-order valence-electron chi connectivity index (χ0n) is 11.2. The van der Waals surface area contributed by atoms with Crippen molar-refractivity contribution in [2.45, 2.75) is 12.6 Å². The first kappa shape index (κ1) is 16.4. The van der Waals surface area contributed by atoms with E-state index in [4.69, 9.17) is 4.55 Å². The van der Waals surface area contributed by atoms with Crippen LogP contribution in [-0.2, 0) is 22.7 Å². The van der Waals surface area contributed by atoms with E-state index in [1.54, 1.807) is 24.3 Å². The average molecular weight is 331 g/mol. The molecule has 22 heavy (non-hydrogen) atoms. The standard InChI is InChI=1S/C14H12F3NO3S/c15-14(16,17)12-5-6-13(18-9-12)11-3-1-10(2-4-11)7-8-22(19,20)21/h1-6,9H,7-8H2,(H,19,20,21). The first-order chi connectivity index (χ1) is 10.1. The summed E-state index contributed by atoms with van der Waals surface area (Å²) >= 11 is 0. The highest BCUT2D eigenvalue weighted by atomic mass is 32.2. The zero-order valence-corrected chi connectivity index (χ0v) is 12.0. The molecule has 1 aromatic carbocycles. The fourth-order valence-corrected chi connectivity index (χ4v) is 2.31. The smallest absolute Gasteiger partial charge is 0.286 e. The van der Waals surface area contributed by atoms with Crippen LogP contribution in [0.1, 0.15) is 11.1 Å². The quantitative estimate of drug-likeness (QED) is 0.874. The molecule has 0 radical (unpaired) electrons. The highest BCUT2D eigenvalue weighted by Crippen LogP contribution is 2.29. The molecule has 0 bridgehead atoms. The van der Waals surface area contributed by atoms with E-state index in [0.717, 1.165) is 12.3 Å². The van der Waals surface area contributed by atoms with E-state index in [0.29, 0.717) is 16.8 Å². The van der Waals surface area contributed by atoms with Crippen LogP contribution in [-0.4, -0.2) is 23.7 Å². The van der Waals surface area contributed by atoms with Gasteiger partial charge in [0, 0.05) is 11.8 Å². The minimum Gasteiger partial charge on any atom is -0.286 e. The van der Waals surface area contributed by atoms with Crippen LogP contribution in [0.4, 0.5) is 13.2 Å². The van der Waals surface area contributed by atoms with Crippen LogP contribution in [0.3, 0.4) is 0 Å². The second-order valence-corrected chi connectivity index (χ2v) is 6.23. The largest absolute Gasteiger partial charge is 0.417 e. The van der Waals surface area contributed by atoms with Crippen LogP contribution in [0.5, 0.6) is 0 Å². The molecule has 118 valence electrons. The molecule has 0 unspecified atom stereocenters. The summed E-state index contributed by atoms with van der Waals surface area (Å²) in [6.45, 7) is 0. The van der Waals surface area contributed by atoms with Crippen molar-refractivity contribution in [3.63, 3.8) is 0 Å². The number of hydrogen-bond donors (Lipinski definition) is 1. The average Bonchev–Trinajstić information content (AvgIpc) is 2.44. The number of nitrogens with zero attached hydrogens (tertiary/aromatic N) is 1. The predicted molar refractivity (Wildman–Crippen MR) is 74.8 cm³/mol. The maximum atomic E-state index is 12.4. The molecule has 2 aromatic rings. The van der Waals surface area contributed by atoms with Crippen molar-refractivity contribution in [3.8, 4) is 11.3 Å². The Kier molecular flexibility index (Phi) is 4.52.